The normalized spacial score (nSPS) is 15.0. The molecular formula is C22H24O13. The van der Waals surface area contributed by atoms with Gasteiger partial charge in [-0.25, -0.2) is 19.2 Å². The van der Waals surface area contributed by atoms with Crippen molar-refractivity contribution in [3.05, 3.63) is 45.5 Å². The number of aliphatic carboxylic acids is 2. The molecule has 0 radical (unpaired) electrons. The van der Waals surface area contributed by atoms with Gasteiger partial charge in [-0.05, 0) is 28.8 Å². The maximum atomic E-state index is 12.7. The second-order valence-electron chi connectivity index (χ2n) is 6.96. The Balaban J connectivity index is 3.11. The van der Waals surface area contributed by atoms with Crippen LogP contribution in [0.25, 0.3) is 12.2 Å². The smallest absolute Gasteiger partial charge is 0.347 e. The number of fused-ring (bicyclic) bond motifs is 1. The van der Waals surface area contributed by atoms with Gasteiger partial charge in [-0.1, -0.05) is 0 Å². The van der Waals surface area contributed by atoms with Crippen molar-refractivity contribution < 1.29 is 64.0 Å². The van der Waals surface area contributed by atoms with Gasteiger partial charge in [0.2, 0.25) is 0 Å². The molecule has 2 unspecified atom stereocenters. The Kier molecular flexibility index (Phi) is 10.2. The molecule has 1 heterocycles. The lowest BCUT2D eigenvalue weighted by Gasteiger charge is -2.28. The topological polar surface area (TPSA) is 217 Å². The Labute approximate surface area is 198 Å². The van der Waals surface area contributed by atoms with Gasteiger partial charge in [0, 0.05) is 17.7 Å². The summed E-state index contributed by atoms with van der Waals surface area (Å²) in [6.07, 6.45) is 0.497. The van der Waals surface area contributed by atoms with Crippen LogP contribution in [0.5, 0.6) is 0 Å². The highest BCUT2D eigenvalue weighted by Gasteiger charge is 2.41. The number of ether oxygens (including phenoxy) is 3. The van der Waals surface area contributed by atoms with Gasteiger partial charge in [0.05, 0.1) is 50.8 Å². The Morgan fingerprint density at radius 3 is 1.66 bits per heavy atom. The summed E-state index contributed by atoms with van der Waals surface area (Å²) in [5.74, 6) is -5.17. The van der Waals surface area contributed by atoms with Crippen molar-refractivity contribution in [1.82, 2.24) is 0 Å². The number of aliphatic hydroxyl groups excluding tert-OH is 4. The molecule has 35 heavy (non-hydrogen) atoms. The van der Waals surface area contributed by atoms with Crippen LogP contribution in [0.3, 0.4) is 0 Å². The number of carboxylic acid groups (broad SMARTS) is 2. The van der Waals surface area contributed by atoms with Crippen molar-refractivity contribution in [2.24, 2.45) is 0 Å². The lowest BCUT2D eigenvalue weighted by atomic mass is 9.82. The van der Waals surface area contributed by atoms with Crippen molar-refractivity contribution >= 4 is 36.0 Å². The maximum Gasteiger partial charge on any atom is 0.347 e. The van der Waals surface area contributed by atoms with E-state index in [0.29, 0.717) is 12.2 Å². The number of aliphatic hydroxyl groups is 4. The summed E-state index contributed by atoms with van der Waals surface area (Å²) in [5.41, 5.74) is -1.51. The molecule has 1 aromatic rings. The van der Waals surface area contributed by atoms with Gasteiger partial charge >= 0.3 is 23.9 Å². The summed E-state index contributed by atoms with van der Waals surface area (Å²) in [4.78, 5) is 47.8. The van der Waals surface area contributed by atoms with Crippen LogP contribution in [0, 0.1) is 0 Å². The summed E-state index contributed by atoms with van der Waals surface area (Å²) in [7, 11) is 0. The molecular weight excluding hydrogens is 472 g/mol. The van der Waals surface area contributed by atoms with Crippen LogP contribution in [0.2, 0.25) is 0 Å². The second-order valence-corrected chi connectivity index (χ2v) is 6.96. The van der Waals surface area contributed by atoms with Crippen LogP contribution in [-0.4, -0.2) is 94.2 Å². The van der Waals surface area contributed by atoms with Crippen LogP contribution >= 0.6 is 0 Å². The third-order valence-corrected chi connectivity index (χ3v) is 4.83. The van der Waals surface area contributed by atoms with Gasteiger partial charge in [-0.15, -0.1) is 0 Å². The van der Waals surface area contributed by atoms with Crippen molar-refractivity contribution in [2.45, 2.75) is 12.2 Å². The van der Waals surface area contributed by atoms with Crippen molar-refractivity contribution in [3.8, 4) is 0 Å². The third kappa shape index (κ3) is 6.36. The molecule has 2 rings (SSSR count). The van der Waals surface area contributed by atoms with Gasteiger partial charge in [-0.2, -0.15) is 0 Å². The summed E-state index contributed by atoms with van der Waals surface area (Å²) in [6, 6.07) is 0. The van der Waals surface area contributed by atoms with E-state index < -0.39 is 73.6 Å². The average Bonchev–Trinajstić information content (AvgIpc) is 3.11. The number of rotatable bonds is 14. The Hall–Kier alpha value is -3.46. The lowest BCUT2D eigenvalue weighted by molar-refractivity contribution is -0.132. The van der Waals surface area contributed by atoms with Crippen LogP contribution in [-0.2, 0) is 23.8 Å². The minimum atomic E-state index is -1.43. The van der Waals surface area contributed by atoms with E-state index in [2.05, 4.69) is 0 Å². The first-order chi connectivity index (χ1) is 16.7. The van der Waals surface area contributed by atoms with Crippen LogP contribution in [0.15, 0.2) is 12.2 Å². The van der Waals surface area contributed by atoms with E-state index in [1.165, 1.54) is 0 Å². The van der Waals surface area contributed by atoms with Gasteiger partial charge in [0.25, 0.3) is 0 Å². The Bertz CT molecular complexity index is 1040. The van der Waals surface area contributed by atoms with E-state index in [0.717, 1.165) is 12.2 Å². The molecule has 0 spiro atoms. The maximum absolute atomic E-state index is 12.7. The first-order valence-electron chi connectivity index (χ1n) is 10.2. The Morgan fingerprint density at radius 1 is 0.743 bits per heavy atom. The van der Waals surface area contributed by atoms with Crippen molar-refractivity contribution in [3.63, 3.8) is 0 Å². The fourth-order valence-electron chi connectivity index (χ4n) is 3.63. The van der Waals surface area contributed by atoms with Gasteiger partial charge < -0.3 is 44.8 Å². The zero-order chi connectivity index (χ0) is 26.1. The molecule has 190 valence electrons. The van der Waals surface area contributed by atoms with Crippen molar-refractivity contribution in [2.75, 3.05) is 39.6 Å². The predicted octanol–water partition coefficient (Wildman–Crippen LogP) is -0.723. The van der Waals surface area contributed by atoms with Crippen LogP contribution in [0.4, 0.5) is 0 Å². The largest absolute Gasteiger partial charge is 0.478 e. The van der Waals surface area contributed by atoms with Crippen LogP contribution < -0.4 is 0 Å². The molecule has 0 saturated heterocycles. The van der Waals surface area contributed by atoms with E-state index >= 15 is 0 Å². The summed E-state index contributed by atoms with van der Waals surface area (Å²) < 4.78 is 15.6. The highest BCUT2D eigenvalue weighted by Crippen LogP contribution is 2.42. The molecule has 0 aromatic heterocycles. The number of esters is 2. The van der Waals surface area contributed by atoms with Crippen molar-refractivity contribution in [1.29, 1.82) is 0 Å². The first kappa shape index (κ1) is 27.8. The predicted molar refractivity (Wildman–Crippen MR) is 115 cm³/mol. The molecule has 1 aromatic carbocycles. The third-order valence-electron chi connectivity index (χ3n) is 4.83. The van der Waals surface area contributed by atoms with E-state index in [1.807, 2.05) is 0 Å². The van der Waals surface area contributed by atoms with E-state index in [1.54, 1.807) is 0 Å². The first-order valence-corrected chi connectivity index (χ1v) is 10.2. The zero-order valence-electron chi connectivity index (χ0n) is 18.2. The molecule has 0 aliphatic carbocycles. The zero-order valence-corrected chi connectivity index (χ0v) is 18.2. The number of hydrogen-bond acceptors (Lipinski definition) is 11. The average molecular weight is 496 g/mol. The molecule has 0 fully saturated rings. The lowest BCUT2D eigenvalue weighted by Crippen LogP contribution is -2.23. The summed E-state index contributed by atoms with van der Waals surface area (Å²) in [6.45, 7) is -3.14. The number of hydrogen-bond donors (Lipinski definition) is 6. The van der Waals surface area contributed by atoms with E-state index in [9.17, 15) is 39.6 Å². The monoisotopic (exact) mass is 496 g/mol. The molecule has 0 bridgehead atoms. The molecule has 0 amide bonds. The molecule has 6 N–H and O–H groups in total. The summed E-state index contributed by atoms with van der Waals surface area (Å²) in [5, 5.41) is 56.7. The van der Waals surface area contributed by atoms with E-state index in [4.69, 9.17) is 24.4 Å². The number of benzene rings is 1. The van der Waals surface area contributed by atoms with Gasteiger partial charge in [0.1, 0.15) is 12.2 Å². The highest BCUT2D eigenvalue weighted by atomic mass is 16.6. The molecule has 13 nitrogen and oxygen atoms in total. The van der Waals surface area contributed by atoms with Gasteiger partial charge in [-0.3, -0.25) is 0 Å². The molecule has 1 aliphatic rings. The highest BCUT2D eigenvalue weighted by molar-refractivity contribution is 6.18. The molecule has 2 atom stereocenters. The number of carbonyl (C=O) groups excluding carboxylic acids is 2. The minimum absolute atomic E-state index is 0.120. The number of carboxylic acids is 2. The standard InChI is InChI=1S/C22H24O13/c23-5-7-33-13(9-25)17-11(1-3-15(27)28)12(2-4-16(29)30)18-20(22(32)35-21(18)31)19(17)14(10-26)34-8-6-24/h1-4,13-14,23-26H,5-10H2,(H,27,28)(H,29,30). The molecule has 13 heteroatoms. The summed E-state index contributed by atoms with van der Waals surface area (Å²) >= 11 is 0. The number of carbonyl (C=O) groups is 4. The molecule has 1 aliphatic heterocycles. The number of cyclic esters (lactones) is 2. The second kappa shape index (κ2) is 12.9. The molecule has 0 saturated carbocycles. The Morgan fingerprint density at radius 2 is 1.20 bits per heavy atom. The SMILES string of the molecule is O=C(O)C=Cc1c(C=CC(=O)O)c(C(CO)OCCO)c(C(CO)OCCO)c2c1C(=O)OC2=O. The fraction of sp³-hybridized carbons (Fsp3) is 0.364. The van der Waals surface area contributed by atoms with Gasteiger partial charge in [0.15, 0.2) is 0 Å². The van der Waals surface area contributed by atoms with Crippen LogP contribution in [0.1, 0.15) is 55.2 Å². The van der Waals surface area contributed by atoms with E-state index in [-0.39, 0.29) is 35.5 Å². The quantitative estimate of drug-likeness (QED) is 0.107. The fourth-order valence-corrected chi connectivity index (χ4v) is 3.63. The minimum Gasteiger partial charge on any atom is -0.478 e.